The van der Waals surface area contributed by atoms with E-state index in [2.05, 4.69) is 77.9 Å². The first-order valence-electron chi connectivity index (χ1n) is 15.0. The summed E-state index contributed by atoms with van der Waals surface area (Å²) in [6, 6.07) is 30.9. The number of hydrogen-bond donors (Lipinski definition) is 2. The van der Waals surface area contributed by atoms with Crippen molar-refractivity contribution in [3.63, 3.8) is 0 Å². The Morgan fingerprint density at radius 2 is 0.700 bits per heavy atom. The van der Waals surface area contributed by atoms with Crippen LogP contribution in [0.2, 0.25) is 0 Å². The lowest BCUT2D eigenvalue weighted by atomic mass is 9.97. The van der Waals surface area contributed by atoms with Gasteiger partial charge in [0, 0.05) is 0 Å². The molecule has 0 amide bonds. The maximum Gasteiger partial charge on any atom is 0.115 e. The second-order valence-corrected chi connectivity index (χ2v) is 8.61. The normalized spacial score (nSPS) is 8.85. The topological polar surface area (TPSA) is 40.5 Å². The summed E-state index contributed by atoms with van der Waals surface area (Å²) in [5.74, 6) is 0.644. The lowest BCUT2D eigenvalue weighted by molar-refractivity contribution is 0.475. The van der Waals surface area contributed by atoms with E-state index >= 15 is 0 Å². The highest BCUT2D eigenvalue weighted by atomic mass is 16.3. The summed E-state index contributed by atoms with van der Waals surface area (Å²) in [5, 5.41) is 17.3. The molecule has 0 heterocycles. The number of phenols is 2. The minimum absolute atomic E-state index is 0.322. The minimum atomic E-state index is 0.322. The first kappa shape index (κ1) is 38.6. The van der Waals surface area contributed by atoms with Gasteiger partial charge in [-0.2, -0.15) is 0 Å². The van der Waals surface area contributed by atoms with Crippen LogP contribution >= 0.6 is 0 Å². The molecule has 0 saturated carbocycles. The number of para-hydroxylation sites is 2. The average Bonchev–Trinajstić information content (AvgIpc) is 3.02. The second kappa shape index (κ2) is 25.7. The molecule has 0 atom stereocenters. The fraction of sp³-hybridized carbons (Fsp3) is 0.368. The van der Waals surface area contributed by atoms with Crippen molar-refractivity contribution in [3.8, 4) is 11.5 Å². The molecule has 40 heavy (non-hydrogen) atoms. The van der Waals surface area contributed by atoms with Crippen LogP contribution in [0.25, 0.3) is 0 Å². The zero-order valence-corrected chi connectivity index (χ0v) is 27.0. The van der Waals surface area contributed by atoms with E-state index in [1.807, 2.05) is 39.8 Å². The van der Waals surface area contributed by atoms with Crippen LogP contribution in [0, 0.1) is 13.8 Å². The van der Waals surface area contributed by atoms with Gasteiger partial charge in [0.1, 0.15) is 11.5 Å². The molecule has 0 spiro atoms. The van der Waals surface area contributed by atoms with Crippen LogP contribution in [-0.4, -0.2) is 10.2 Å². The van der Waals surface area contributed by atoms with Crippen molar-refractivity contribution in [2.75, 3.05) is 0 Å². The molecule has 2 N–H and O–H groups in total. The SMILES string of the molecule is CC.CC.CCc1cc(C)c(CC)cc1C.CCc1ccc(CC)cc1.Oc1ccccc1.Oc1ccccc1. The van der Waals surface area contributed by atoms with E-state index in [-0.39, 0.29) is 0 Å². The Morgan fingerprint density at radius 1 is 0.425 bits per heavy atom. The van der Waals surface area contributed by atoms with Crippen molar-refractivity contribution in [2.24, 2.45) is 0 Å². The van der Waals surface area contributed by atoms with Crippen LogP contribution in [0.5, 0.6) is 11.5 Å². The lowest BCUT2D eigenvalue weighted by Gasteiger charge is -2.08. The third-order valence-corrected chi connectivity index (χ3v) is 5.91. The molecule has 4 rings (SSSR count). The molecule has 0 aliphatic carbocycles. The molecule has 0 bridgehead atoms. The molecule has 2 heteroatoms. The highest BCUT2D eigenvalue weighted by Gasteiger charge is 2.00. The summed E-state index contributed by atoms with van der Waals surface area (Å²) >= 11 is 0. The van der Waals surface area contributed by atoms with Gasteiger partial charge in [0.25, 0.3) is 0 Å². The molecule has 0 aromatic heterocycles. The predicted molar refractivity (Wildman–Crippen MR) is 179 cm³/mol. The van der Waals surface area contributed by atoms with Crippen LogP contribution in [-0.2, 0) is 25.7 Å². The molecule has 4 aromatic carbocycles. The number of hydrogen-bond acceptors (Lipinski definition) is 2. The Morgan fingerprint density at radius 3 is 0.875 bits per heavy atom. The van der Waals surface area contributed by atoms with Gasteiger partial charge in [-0.05, 0) is 97.2 Å². The number of rotatable bonds is 4. The van der Waals surface area contributed by atoms with E-state index < -0.39 is 0 Å². The van der Waals surface area contributed by atoms with Crippen LogP contribution in [0.1, 0.15) is 88.8 Å². The van der Waals surface area contributed by atoms with Crippen molar-refractivity contribution in [1.29, 1.82) is 0 Å². The molecule has 0 unspecified atom stereocenters. The minimum Gasteiger partial charge on any atom is -0.508 e. The molecule has 2 nitrogen and oxygen atoms in total. The Kier molecular flexibility index (Phi) is 24.9. The summed E-state index contributed by atoms with van der Waals surface area (Å²) in [6.45, 7) is 21.2. The lowest BCUT2D eigenvalue weighted by Crippen LogP contribution is -1.93. The van der Waals surface area contributed by atoms with Crippen LogP contribution in [0.15, 0.2) is 97.1 Å². The molecule has 0 aliphatic rings. The van der Waals surface area contributed by atoms with Gasteiger partial charge < -0.3 is 10.2 Å². The van der Waals surface area contributed by atoms with Crippen molar-refractivity contribution >= 4 is 0 Å². The van der Waals surface area contributed by atoms with Gasteiger partial charge in [-0.3, -0.25) is 0 Å². The van der Waals surface area contributed by atoms with Gasteiger partial charge in [0.15, 0.2) is 0 Å². The highest BCUT2D eigenvalue weighted by Crippen LogP contribution is 2.16. The van der Waals surface area contributed by atoms with E-state index in [1.54, 1.807) is 48.5 Å². The van der Waals surface area contributed by atoms with Crippen LogP contribution in [0.3, 0.4) is 0 Å². The summed E-state index contributed by atoms with van der Waals surface area (Å²) in [7, 11) is 0. The van der Waals surface area contributed by atoms with E-state index in [1.165, 1.54) is 33.4 Å². The average molecular weight is 545 g/mol. The standard InChI is InChI=1S/C12H18.C10H14.2C6H6O.2C2H6/c1-5-11-7-10(4)12(6-2)8-9(11)3;1-3-9-5-7-10(4-2)8-6-9;2*7-6-4-2-1-3-5-6;2*1-2/h7-8H,5-6H2,1-4H3;5-8H,3-4H2,1-2H3;2*1-5,7H;2*1-2H3. The fourth-order valence-electron chi connectivity index (χ4n) is 3.56. The zero-order chi connectivity index (χ0) is 30.8. The van der Waals surface area contributed by atoms with Gasteiger partial charge in [-0.25, -0.2) is 0 Å². The quantitative estimate of drug-likeness (QED) is 0.268. The van der Waals surface area contributed by atoms with Crippen LogP contribution < -0.4 is 0 Å². The largest absolute Gasteiger partial charge is 0.508 e. The summed E-state index contributed by atoms with van der Waals surface area (Å²) in [5.41, 5.74) is 8.73. The molecular formula is C38H56O2. The number of benzene rings is 4. The molecule has 0 radical (unpaired) electrons. The Balaban J connectivity index is 0. The first-order valence-corrected chi connectivity index (χ1v) is 15.0. The van der Waals surface area contributed by atoms with Gasteiger partial charge in [0.05, 0.1) is 0 Å². The molecule has 0 aliphatic heterocycles. The Labute approximate surface area is 246 Å². The van der Waals surface area contributed by atoms with Gasteiger partial charge in [-0.15, -0.1) is 0 Å². The highest BCUT2D eigenvalue weighted by molar-refractivity contribution is 5.37. The Bertz CT molecular complexity index is 995. The van der Waals surface area contributed by atoms with Crippen molar-refractivity contribution < 1.29 is 10.2 Å². The summed E-state index contributed by atoms with van der Waals surface area (Å²) in [4.78, 5) is 0. The summed E-state index contributed by atoms with van der Waals surface area (Å²) in [6.07, 6.45) is 4.58. The predicted octanol–water partition coefficient (Wildman–Crippen LogP) is 11.1. The third-order valence-electron chi connectivity index (χ3n) is 5.91. The third kappa shape index (κ3) is 17.9. The zero-order valence-electron chi connectivity index (χ0n) is 27.0. The fourth-order valence-corrected chi connectivity index (χ4v) is 3.56. The van der Waals surface area contributed by atoms with Crippen LogP contribution in [0.4, 0.5) is 0 Å². The van der Waals surface area contributed by atoms with E-state index in [0.29, 0.717) is 11.5 Å². The molecule has 4 aromatic rings. The summed E-state index contributed by atoms with van der Waals surface area (Å²) < 4.78 is 0. The molecule has 220 valence electrons. The second-order valence-electron chi connectivity index (χ2n) is 8.61. The van der Waals surface area contributed by atoms with Gasteiger partial charge >= 0.3 is 0 Å². The molecule has 0 saturated heterocycles. The molecular weight excluding hydrogens is 488 g/mol. The van der Waals surface area contributed by atoms with Crippen molar-refractivity contribution in [3.05, 3.63) is 130 Å². The Hall–Kier alpha value is -3.52. The number of phenolic OH excluding ortho intramolecular Hbond substituents is 2. The smallest absolute Gasteiger partial charge is 0.115 e. The first-order chi connectivity index (χ1) is 19.3. The van der Waals surface area contributed by atoms with Crippen molar-refractivity contribution in [2.45, 2.75) is 94.9 Å². The van der Waals surface area contributed by atoms with E-state index in [9.17, 15) is 0 Å². The van der Waals surface area contributed by atoms with E-state index in [0.717, 1.165) is 25.7 Å². The molecule has 0 fully saturated rings. The number of aryl methyl sites for hydroxylation is 6. The maximum absolute atomic E-state index is 8.63. The number of aromatic hydroxyl groups is 2. The van der Waals surface area contributed by atoms with Gasteiger partial charge in [-0.1, -0.05) is 128 Å². The van der Waals surface area contributed by atoms with E-state index in [4.69, 9.17) is 10.2 Å². The maximum atomic E-state index is 8.63. The monoisotopic (exact) mass is 544 g/mol. The van der Waals surface area contributed by atoms with Crippen molar-refractivity contribution in [1.82, 2.24) is 0 Å². The van der Waals surface area contributed by atoms with Gasteiger partial charge in [0.2, 0.25) is 0 Å².